The van der Waals surface area contributed by atoms with Gasteiger partial charge < -0.3 is 25.2 Å². The number of aliphatic imine (C=N–C) groups is 1. The van der Waals surface area contributed by atoms with E-state index >= 15 is 0 Å². The van der Waals surface area contributed by atoms with E-state index in [1.807, 2.05) is 17.9 Å². The van der Waals surface area contributed by atoms with Gasteiger partial charge in [0.1, 0.15) is 0 Å². The molecule has 1 aliphatic rings. The van der Waals surface area contributed by atoms with E-state index in [0.29, 0.717) is 12.6 Å². The number of hydrogen-bond donors (Lipinski definition) is 2. The van der Waals surface area contributed by atoms with Crippen LogP contribution in [0, 0.1) is 0 Å². The Hall–Kier alpha value is -0.910. The van der Waals surface area contributed by atoms with Crippen LogP contribution >= 0.6 is 24.0 Å². The number of nitrogens with one attached hydrogen (secondary N) is 2. The van der Waals surface area contributed by atoms with Gasteiger partial charge in [0.15, 0.2) is 5.96 Å². The maximum atomic E-state index is 5.18. The number of halogens is 1. The summed E-state index contributed by atoms with van der Waals surface area (Å²) in [6.45, 7) is 7.70. The number of likely N-dealkylation sites (tertiary alicyclic amines) is 1. The normalized spacial score (nSPS) is 17.4. The number of ether oxygens (including phenoxy) is 1. The maximum absolute atomic E-state index is 5.18. The number of hydrogen-bond acceptors (Lipinski definition) is 5. The fraction of sp³-hybridized carbons (Fsp3) is 0.789. The summed E-state index contributed by atoms with van der Waals surface area (Å²) in [7, 11) is 7.89. The fourth-order valence-corrected chi connectivity index (χ4v) is 3.39. The molecule has 1 fully saturated rings. The number of rotatable bonds is 9. The van der Waals surface area contributed by atoms with Crippen LogP contribution in [-0.2, 0) is 11.8 Å². The Balaban J connectivity index is 0.00000392. The van der Waals surface area contributed by atoms with Gasteiger partial charge in [0.2, 0.25) is 0 Å². The molecule has 1 aromatic rings. The summed E-state index contributed by atoms with van der Waals surface area (Å²) in [5.41, 5.74) is 1.19. The Bertz CT molecular complexity index is 570. The standard InChI is InChI=1S/C19H37N7O.HI/c1-6-20-19(23-17-7-9-26(10-8-17)11-12-27-5)21-14-18(24(2)3)16-13-22-25(4)15-16;/h13,15,17-18H,6-12,14H2,1-5H3,(H2,20,21,23);1H. The summed E-state index contributed by atoms with van der Waals surface area (Å²) in [5.74, 6) is 0.906. The molecule has 1 atom stereocenters. The summed E-state index contributed by atoms with van der Waals surface area (Å²) in [6.07, 6.45) is 6.26. The first-order chi connectivity index (χ1) is 13.0. The number of aromatic nitrogens is 2. The van der Waals surface area contributed by atoms with Gasteiger partial charge in [0.05, 0.1) is 25.4 Å². The maximum Gasteiger partial charge on any atom is 0.191 e. The van der Waals surface area contributed by atoms with Crippen LogP contribution in [0.4, 0.5) is 0 Å². The molecular weight excluding hydrogens is 469 g/mol. The monoisotopic (exact) mass is 507 g/mol. The smallest absolute Gasteiger partial charge is 0.191 e. The van der Waals surface area contributed by atoms with Gasteiger partial charge in [-0.15, -0.1) is 24.0 Å². The third-order valence-electron chi connectivity index (χ3n) is 5.04. The highest BCUT2D eigenvalue weighted by molar-refractivity contribution is 14.0. The number of likely N-dealkylation sites (N-methyl/N-ethyl adjacent to an activating group) is 1. The van der Waals surface area contributed by atoms with E-state index in [0.717, 1.165) is 51.6 Å². The second-order valence-electron chi connectivity index (χ2n) is 7.40. The van der Waals surface area contributed by atoms with Gasteiger partial charge in [-0.05, 0) is 33.9 Å². The molecule has 0 saturated carbocycles. The molecule has 1 aromatic heterocycles. The molecule has 0 aliphatic carbocycles. The molecule has 1 unspecified atom stereocenters. The van der Waals surface area contributed by atoms with Crippen LogP contribution in [0.2, 0.25) is 0 Å². The van der Waals surface area contributed by atoms with Crippen molar-refractivity contribution >= 4 is 29.9 Å². The van der Waals surface area contributed by atoms with E-state index in [-0.39, 0.29) is 30.0 Å². The summed E-state index contributed by atoms with van der Waals surface area (Å²) in [6, 6.07) is 0.683. The molecule has 1 aliphatic heterocycles. The van der Waals surface area contributed by atoms with Gasteiger partial charge in [-0.25, -0.2) is 0 Å². The average Bonchev–Trinajstić information content (AvgIpc) is 3.07. The van der Waals surface area contributed by atoms with Crippen molar-refractivity contribution in [1.29, 1.82) is 0 Å². The lowest BCUT2D eigenvalue weighted by atomic mass is 10.1. The minimum absolute atomic E-state index is 0. The lowest BCUT2D eigenvalue weighted by Crippen LogP contribution is -2.49. The lowest BCUT2D eigenvalue weighted by molar-refractivity contribution is 0.128. The van der Waals surface area contributed by atoms with Crippen molar-refractivity contribution in [2.75, 3.05) is 60.5 Å². The highest BCUT2D eigenvalue weighted by atomic mass is 127. The molecule has 2 heterocycles. The van der Waals surface area contributed by atoms with Crippen LogP contribution in [0.5, 0.6) is 0 Å². The zero-order valence-corrected chi connectivity index (χ0v) is 20.3. The molecule has 162 valence electrons. The van der Waals surface area contributed by atoms with Gasteiger partial charge in [-0.3, -0.25) is 9.67 Å². The van der Waals surface area contributed by atoms with E-state index in [2.05, 4.69) is 52.7 Å². The van der Waals surface area contributed by atoms with E-state index < -0.39 is 0 Å². The lowest BCUT2D eigenvalue weighted by Gasteiger charge is -2.33. The predicted octanol–water partition coefficient (Wildman–Crippen LogP) is 1.31. The van der Waals surface area contributed by atoms with Crippen molar-refractivity contribution in [2.24, 2.45) is 12.0 Å². The molecule has 0 bridgehead atoms. The minimum Gasteiger partial charge on any atom is -0.383 e. The third kappa shape index (κ3) is 8.22. The fourth-order valence-electron chi connectivity index (χ4n) is 3.39. The Morgan fingerprint density at radius 3 is 2.64 bits per heavy atom. The van der Waals surface area contributed by atoms with Gasteiger partial charge in [0.25, 0.3) is 0 Å². The van der Waals surface area contributed by atoms with Crippen LogP contribution in [0.15, 0.2) is 17.4 Å². The Morgan fingerprint density at radius 2 is 2.11 bits per heavy atom. The largest absolute Gasteiger partial charge is 0.383 e. The molecule has 2 N–H and O–H groups in total. The molecule has 0 radical (unpaired) electrons. The van der Waals surface area contributed by atoms with Crippen molar-refractivity contribution in [1.82, 2.24) is 30.2 Å². The molecule has 28 heavy (non-hydrogen) atoms. The Kier molecular flexibility index (Phi) is 12.0. The SMILES string of the molecule is CCNC(=NCC(c1cnn(C)c1)N(C)C)NC1CCN(CCOC)CC1.I. The molecule has 0 spiro atoms. The van der Waals surface area contributed by atoms with Crippen molar-refractivity contribution in [3.8, 4) is 0 Å². The van der Waals surface area contributed by atoms with E-state index in [1.54, 1.807) is 7.11 Å². The van der Waals surface area contributed by atoms with Gasteiger partial charge in [0, 0.05) is 58.1 Å². The van der Waals surface area contributed by atoms with E-state index in [9.17, 15) is 0 Å². The summed E-state index contributed by atoms with van der Waals surface area (Å²) >= 11 is 0. The topological polar surface area (TPSA) is 70.0 Å². The zero-order chi connectivity index (χ0) is 19.6. The first kappa shape index (κ1) is 25.1. The highest BCUT2D eigenvalue weighted by Crippen LogP contribution is 2.17. The molecule has 9 heteroatoms. The van der Waals surface area contributed by atoms with Gasteiger partial charge in [-0.2, -0.15) is 5.10 Å². The van der Waals surface area contributed by atoms with Crippen molar-refractivity contribution in [3.63, 3.8) is 0 Å². The summed E-state index contributed by atoms with van der Waals surface area (Å²) < 4.78 is 7.03. The van der Waals surface area contributed by atoms with E-state index in [1.165, 1.54) is 5.56 Å². The van der Waals surface area contributed by atoms with Crippen LogP contribution in [-0.4, -0.2) is 92.1 Å². The predicted molar refractivity (Wildman–Crippen MR) is 126 cm³/mol. The number of aryl methyl sites for hydroxylation is 1. The number of methoxy groups -OCH3 is 1. The van der Waals surface area contributed by atoms with Crippen LogP contribution < -0.4 is 10.6 Å². The molecule has 8 nitrogen and oxygen atoms in total. The first-order valence-electron chi connectivity index (χ1n) is 9.94. The van der Waals surface area contributed by atoms with Crippen molar-refractivity contribution in [2.45, 2.75) is 31.8 Å². The zero-order valence-electron chi connectivity index (χ0n) is 18.0. The molecular formula is C19H38IN7O. The van der Waals surface area contributed by atoms with E-state index in [4.69, 9.17) is 9.73 Å². The van der Waals surface area contributed by atoms with Crippen LogP contribution in [0.1, 0.15) is 31.4 Å². The quantitative estimate of drug-likeness (QED) is 0.299. The van der Waals surface area contributed by atoms with Crippen molar-refractivity contribution in [3.05, 3.63) is 18.0 Å². The van der Waals surface area contributed by atoms with Crippen molar-refractivity contribution < 1.29 is 4.74 Å². The number of nitrogens with zero attached hydrogens (tertiary/aromatic N) is 5. The third-order valence-corrected chi connectivity index (χ3v) is 5.04. The Morgan fingerprint density at radius 1 is 1.39 bits per heavy atom. The Labute approximate surface area is 187 Å². The highest BCUT2D eigenvalue weighted by Gasteiger charge is 2.20. The van der Waals surface area contributed by atoms with Crippen LogP contribution in [0.25, 0.3) is 0 Å². The molecule has 0 amide bonds. The number of piperidine rings is 1. The van der Waals surface area contributed by atoms with Gasteiger partial charge >= 0.3 is 0 Å². The second-order valence-corrected chi connectivity index (χ2v) is 7.40. The van der Waals surface area contributed by atoms with Crippen LogP contribution in [0.3, 0.4) is 0 Å². The molecule has 0 aromatic carbocycles. The minimum atomic E-state index is 0. The average molecular weight is 507 g/mol. The van der Waals surface area contributed by atoms with Gasteiger partial charge in [-0.1, -0.05) is 0 Å². The second kappa shape index (κ2) is 13.3. The first-order valence-corrected chi connectivity index (χ1v) is 9.94. The molecule has 1 saturated heterocycles. The summed E-state index contributed by atoms with van der Waals surface area (Å²) in [4.78, 5) is 9.53. The summed E-state index contributed by atoms with van der Waals surface area (Å²) in [5, 5.41) is 11.3. The molecule has 2 rings (SSSR count). The number of guanidine groups is 1.